The molecule has 2 heterocycles. The van der Waals surface area contributed by atoms with E-state index in [1.807, 2.05) is 6.07 Å². The van der Waals surface area contributed by atoms with Crippen LogP contribution in [0.5, 0.6) is 0 Å². The molecule has 0 spiro atoms. The molecule has 1 N–H and O–H groups in total. The molecule has 0 bridgehead atoms. The molecule has 1 aromatic carbocycles. The van der Waals surface area contributed by atoms with E-state index in [2.05, 4.69) is 20.2 Å². The number of aromatic nitrogens is 2. The molecule has 0 radical (unpaired) electrons. The Kier molecular flexibility index (Phi) is 10.5. The normalized spacial score (nSPS) is 15.2. The third kappa shape index (κ3) is 6.92. The highest BCUT2D eigenvalue weighted by molar-refractivity contribution is 14.0. The van der Waals surface area contributed by atoms with Crippen molar-refractivity contribution in [1.29, 1.82) is 0 Å². The summed E-state index contributed by atoms with van der Waals surface area (Å²) in [4.78, 5) is 10.6. The van der Waals surface area contributed by atoms with Crippen molar-refractivity contribution in [3.63, 3.8) is 0 Å². The van der Waals surface area contributed by atoms with Crippen molar-refractivity contribution < 1.29 is 13.9 Å². The molecule has 2 aromatic rings. The van der Waals surface area contributed by atoms with Crippen molar-refractivity contribution >= 4 is 29.9 Å². The van der Waals surface area contributed by atoms with Crippen molar-refractivity contribution in [3.8, 4) is 5.69 Å². The van der Waals surface area contributed by atoms with Gasteiger partial charge in [-0.25, -0.2) is 9.37 Å². The Bertz CT molecular complexity index is 780. The molecule has 1 saturated heterocycles. The average Bonchev–Trinajstić information content (AvgIpc) is 3.27. The monoisotopic (exact) mass is 531 g/mol. The van der Waals surface area contributed by atoms with Crippen LogP contribution in [0, 0.1) is 5.82 Å². The summed E-state index contributed by atoms with van der Waals surface area (Å²) in [7, 11) is 3.48. The lowest BCUT2D eigenvalue weighted by Gasteiger charge is -2.34. The molecule has 30 heavy (non-hydrogen) atoms. The molecule has 1 aromatic heterocycles. The van der Waals surface area contributed by atoms with Crippen molar-refractivity contribution in [2.24, 2.45) is 4.99 Å². The predicted molar refractivity (Wildman–Crippen MR) is 126 cm³/mol. The zero-order chi connectivity index (χ0) is 20.5. The topological polar surface area (TPSA) is 63.9 Å². The average molecular weight is 531 g/mol. The number of halogens is 2. The van der Waals surface area contributed by atoms with E-state index in [0.29, 0.717) is 18.3 Å². The van der Waals surface area contributed by atoms with E-state index in [4.69, 9.17) is 9.47 Å². The van der Waals surface area contributed by atoms with Crippen LogP contribution in [0.3, 0.4) is 0 Å². The van der Waals surface area contributed by atoms with E-state index in [1.54, 1.807) is 49.6 Å². The molecule has 0 unspecified atom stereocenters. The van der Waals surface area contributed by atoms with Gasteiger partial charge in [-0.2, -0.15) is 0 Å². The van der Waals surface area contributed by atoms with Gasteiger partial charge in [-0.1, -0.05) is 6.07 Å². The van der Waals surface area contributed by atoms with Gasteiger partial charge >= 0.3 is 0 Å². The minimum atomic E-state index is -0.274. The van der Waals surface area contributed by atoms with Crippen LogP contribution in [0.15, 0.2) is 41.9 Å². The van der Waals surface area contributed by atoms with E-state index in [1.165, 1.54) is 0 Å². The highest BCUT2D eigenvalue weighted by Crippen LogP contribution is 2.16. The van der Waals surface area contributed by atoms with Gasteiger partial charge in [0.15, 0.2) is 5.96 Å². The summed E-state index contributed by atoms with van der Waals surface area (Å²) >= 11 is 0. The van der Waals surface area contributed by atoms with Crippen LogP contribution in [0.2, 0.25) is 0 Å². The fourth-order valence-electron chi connectivity index (χ4n) is 3.47. The first-order valence-corrected chi connectivity index (χ1v) is 10.0. The van der Waals surface area contributed by atoms with Gasteiger partial charge in [0, 0.05) is 59.4 Å². The maximum absolute atomic E-state index is 14.4. The standard InChI is InChI=1S/C21H30FN5O2.HI/c1-23-21(26-9-6-18(7-10-26)29-13-3-12-28-2)25-15-17-4-5-20(19(22)14-17)27-11-8-24-16-27;/h4-5,8,11,14,16,18H,3,6-7,9-10,12-13,15H2,1-2H3,(H,23,25);1H. The number of piperidine rings is 1. The van der Waals surface area contributed by atoms with Crippen LogP contribution in [-0.4, -0.2) is 67.0 Å². The molecule has 1 aliphatic heterocycles. The van der Waals surface area contributed by atoms with Gasteiger partial charge in [-0.05, 0) is 37.0 Å². The second-order valence-corrected chi connectivity index (χ2v) is 7.06. The summed E-state index contributed by atoms with van der Waals surface area (Å²) in [6, 6.07) is 5.23. The summed E-state index contributed by atoms with van der Waals surface area (Å²) in [5.41, 5.74) is 1.35. The van der Waals surface area contributed by atoms with Gasteiger partial charge in [-0.3, -0.25) is 4.99 Å². The Labute approximate surface area is 194 Å². The number of likely N-dealkylation sites (tertiary alicyclic amines) is 1. The van der Waals surface area contributed by atoms with Gasteiger partial charge in [-0.15, -0.1) is 24.0 Å². The molecule has 166 valence electrons. The summed E-state index contributed by atoms with van der Waals surface area (Å²) in [5, 5.41) is 3.34. The highest BCUT2D eigenvalue weighted by Gasteiger charge is 2.21. The zero-order valence-electron chi connectivity index (χ0n) is 17.6. The SMILES string of the molecule is CN=C(NCc1ccc(-n2ccnc2)c(F)c1)N1CCC(OCCCOC)CC1.I. The first kappa shape index (κ1) is 24.5. The molecular formula is C21H31FIN5O2. The van der Waals surface area contributed by atoms with Crippen molar-refractivity contribution in [3.05, 3.63) is 48.3 Å². The van der Waals surface area contributed by atoms with Gasteiger partial charge in [0.25, 0.3) is 0 Å². The van der Waals surface area contributed by atoms with Crippen LogP contribution in [0.1, 0.15) is 24.8 Å². The van der Waals surface area contributed by atoms with E-state index < -0.39 is 0 Å². The Morgan fingerprint density at radius 3 is 2.73 bits per heavy atom. The molecular weight excluding hydrogens is 500 g/mol. The first-order valence-electron chi connectivity index (χ1n) is 10.0. The lowest BCUT2D eigenvalue weighted by molar-refractivity contribution is 0.00989. The predicted octanol–water partition coefficient (Wildman–Crippen LogP) is 3.22. The summed E-state index contributed by atoms with van der Waals surface area (Å²) in [6.45, 7) is 3.78. The third-order valence-corrected chi connectivity index (χ3v) is 5.04. The largest absolute Gasteiger partial charge is 0.385 e. The molecule has 1 fully saturated rings. The number of aliphatic imine (C=N–C) groups is 1. The smallest absolute Gasteiger partial charge is 0.193 e. The van der Waals surface area contributed by atoms with Gasteiger partial charge in [0.05, 0.1) is 18.1 Å². The van der Waals surface area contributed by atoms with Crippen LogP contribution >= 0.6 is 24.0 Å². The number of ether oxygens (including phenoxy) is 2. The van der Waals surface area contributed by atoms with Crippen molar-refractivity contribution in [2.45, 2.75) is 31.9 Å². The number of nitrogens with zero attached hydrogens (tertiary/aromatic N) is 4. The molecule has 3 rings (SSSR count). The summed E-state index contributed by atoms with van der Waals surface area (Å²) < 4.78 is 27.1. The lowest BCUT2D eigenvalue weighted by atomic mass is 10.1. The Morgan fingerprint density at radius 2 is 2.10 bits per heavy atom. The third-order valence-electron chi connectivity index (χ3n) is 5.04. The fourth-order valence-corrected chi connectivity index (χ4v) is 3.47. The molecule has 7 nitrogen and oxygen atoms in total. The minimum Gasteiger partial charge on any atom is -0.385 e. The number of guanidine groups is 1. The van der Waals surface area contributed by atoms with Crippen LogP contribution in [-0.2, 0) is 16.0 Å². The highest BCUT2D eigenvalue weighted by atomic mass is 127. The Morgan fingerprint density at radius 1 is 1.30 bits per heavy atom. The number of imidazole rings is 1. The maximum Gasteiger partial charge on any atom is 0.193 e. The van der Waals surface area contributed by atoms with Crippen LogP contribution < -0.4 is 5.32 Å². The quantitative estimate of drug-likeness (QED) is 0.246. The molecule has 0 amide bonds. The van der Waals surface area contributed by atoms with Gasteiger partial charge < -0.3 is 24.3 Å². The number of methoxy groups -OCH3 is 1. The second kappa shape index (κ2) is 12.9. The van der Waals surface area contributed by atoms with Crippen LogP contribution in [0.4, 0.5) is 4.39 Å². The van der Waals surface area contributed by atoms with E-state index in [0.717, 1.165) is 57.1 Å². The molecule has 0 saturated carbocycles. The van der Waals surface area contributed by atoms with Crippen LogP contribution in [0.25, 0.3) is 5.69 Å². The first-order chi connectivity index (χ1) is 14.2. The number of hydrogen-bond donors (Lipinski definition) is 1. The van der Waals surface area contributed by atoms with E-state index in [-0.39, 0.29) is 29.8 Å². The molecule has 0 aliphatic carbocycles. The lowest BCUT2D eigenvalue weighted by Crippen LogP contribution is -2.46. The number of benzene rings is 1. The van der Waals surface area contributed by atoms with Crippen molar-refractivity contribution in [1.82, 2.24) is 19.8 Å². The maximum atomic E-state index is 14.4. The van der Waals surface area contributed by atoms with Gasteiger partial charge in [0.1, 0.15) is 5.82 Å². The fraction of sp³-hybridized carbons (Fsp3) is 0.524. The number of nitrogens with one attached hydrogen (secondary N) is 1. The van der Waals surface area contributed by atoms with E-state index in [9.17, 15) is 4.39 Å². The van der Waals surface area contributed by atoms with Gasteiger partial charge in [0.2, 0.25) is 0 Å². The summed E-state index contributed by atoms with van der Waals surface area (Å²) in [6.07, 6.45) is 8.12. The Balaban J connectivity index is 0.00000320. The zero-order valence-corrected chi connectivity index (χ0v) is 19.9. The van der Waals surface area contributed by atoms with E-state index >= 15 is 0 Å². The number of rotatable bonds is 8. The molecule has 0 atom stereocenters. The second-order valence-electron chi connectivity index (χ2n) is 7.06. The number of hydrogen-bond acceptors (Lipinski definition) is 4. The summed E-state index contributed by atoms with van der Waals surface area (Å²) in [5.74, 6) is 0.561. The Hall–Kier alpha value is -1.72. The molecule has 1 aliphatic rings. The molecule has 9 heteroatoms. The van der Waals surface area contributed by atoms with Crippen molar-refractivity contribution in [2.75, 3.05) is 40.5 Å². The minimum absolute atomic E-state index is 0.